The van der Waals surface area contributed by atoms with Gasteiger partial charge in [-0.05, 0) is 24.3 Å². The molecule has 0 heterocycles. The van der Waals surface area contributed by atoms with Gasteiger partial charge in [0.15, 0.2) is 0 Å². The van der Waals surface area contributed by atoms with Crippen molar-refractivity contribution in [2.75, 3.05) is 6.54 Å². The minimum Gasteiger partial charge on any atom is -0.347 e. The number of carbonyl (C=O) groups is 2. The fourth-order valence-electron chi connectivity index (χ4n) is 2.72. The monoisotopic (exact) mass is 288 g/mol. The highest BCUT2D eigenvalue weighted by atomic mass is 16.2. The minimum atomic E-state index is -0.525. The Bertz CT molecular complexity index is 467. The van der Waals surface area contributed by atoms with Crippen molar-refractivity contribution in [1.82, 2.24) is 10.6 Å². The molecule has 2 N–H and O–H groups in total. The van der Waals surface area contributed by atoms with Gasteiger partial charge in [0.1, 0.15) is 0 Å². The average molecular weight is 288 g/mol. The first-order valence-electron chi connectivity index (χ1n) is 7.80. The van der Waals surface area contributed by atoms with Crippen LogP contribution in [0.3, 0.4) is 0 Å². The number of benzene rings is 1. The standard InChI is InChI=1S/C17H24N2O2/c1-13(14-8-4-2-5-9-14)12-18-16(20)17(21)19-15-10-6-3-7-11-15/h2,4-5,8-9,13,15H,3,6-7,10-12H2,1H3,(H,18,20)(H,19,21)/t13-/m0/s1. The van der Waals surface area contributed by atoms with Gasteiger partial charge in [-0.25, -0.2) is 0 Å². The zero-order chi connectivity index (χ0) is 15.1. The van der Waals surface area contributed by atoms with Crippen molar-refractivity contribution in [2.24, 2.45) is 0 Å². The SMILES string of the molecule is C[C@@H](CNC(=O)C(=O)NC1CCCCC1)c1ccccc1. The van der Waals surface area contributed by atoms with Crippen molar-refractivity contribution >= 4 is 11.8 Å². The number of nitrogens with one attached hydrogen (secondary N) is 2. The molecule has 0 bridgehead atoms. The maximum absolute atomic E-state index is 11.8. The molecule has 1 aliphatic carbocycles. The number of amides is 2. The summed E-state index contributed by atoms with van der Waals surface area (Å²) in [5, 5.41) is 5.55. The largest absolute Gasteiger partial charge is 0.347 e. The Morgan fingerprint density at radius 1 is 1.10 bits per heavy atom. The maximum atomic E-state index is 11.8. The third kappa shape index (κ3) is 4.88. The summed E-state index contributed by atoms with van der Waals surface area (Å²) in [6.45, 7) is 2.51. The lowest BCUT2D eigenvalue weighted by molar-refractivity contribution is -0.139. The van der Waals surface area contributed by atoms with E-state index in [1.165, 1.54) is 6.42 Å². The van der Waals surface area contributed by atoms with Gasteiger partial charge in [0, 0.05) is 12.6 Å². The normalized spacial score (nSPS) is 17.0. The molecule has 1 fully saturated rings. The number of hydrogen-bond acceptors (Lipinski definition) is 2. The molecule has 1 aromatic rings. The van der Waals surface area contributed by atoms with Crippen molar-refractivity contribution in [3.8, 4) is 0 Å². The molecule has 0 aromatic heterocycles. The van der Waals surface area contributed by atoms with Crippen LogP contribution in [0.2, 0.25) is 0 Å². The van der Waals surface area contributed by atoms with E-state index in [0.29, 0.717) is 6.54 Å². The van der Waals surface area contributed by atoms with E-state index in [4.69, 9.17) is 0 Å². The Balaban J connectivity index is 1.74. The Morgan fingerprint density at radius 3 is 2.43 bits per heavy atom. The van der Waals surface area contributed by atoms with Gasteiger partial charge in [-0.3, -0.25) is 9.59 Å². The summed E-state index contributed by atoms with van der Waals surface area (Å²) in [5.74, 6) is -0.830. The van der Waals surface area contributed by atoms with Crippen molar-refractivity contribution in [1.29, 1.82) is 0 Å². The van der Waals surface area contributed by atoms with Gasteiger partial charge in [-0.1, -0.05) is 56.5 Å². The van der Waals surface area contributed by atoms with E-state index in [1.807, 2.05) is 37.3 Å². The fraction of sp³-hybridized carbons (Fsp3) is 0.529. The zero-order valence-corrected chi connectivity index (χ0v) is 12.6. The van der Waals surface area contributed by atoms with Gasteiger partial charge >= 0.3 is 11.8 Å². The van der Waals surface area contributed by atoms with Crippen molar-refractivity contribution in [3.05, 3.63) is 35.9 Å². The van der Waals surface area contributed by atoms with E-state index < -0.39 is 11.8 Å². The van der Waals surface area contributed by atoms with Crippen molar-refractivity contribution < 1.29 is 9.59 Å². The molecule has 1 aromatic carbocycles. The maximum Gasteiger partial charge on any atom is 0.309 e. The number of rotatable bonds is 4. The van der Waals surface area contributed by atoms with Crippen LogP contribution >= 0.6 is 0 Å². The summed E-state index contributed by atoms with van der Waals surface area (Å²) in [7, 11) is 0. The Labute approximate surface area is 126 Å². The summed E-state index contributed by atoms with van der Waals surface area (Å²) >= 11 is 0. The van der Waals surface area contributed by atoms with Crippen LogP contribution in [0.4, 0.5) is 0 Å². The summed E-state index contributed by atoms with van der Waals surface area (Å²) in [5.41, 5.74) is 1.16. The van der Waals surface area contributed by atoms with Crippen LogP contribution in [-0.4, -0.2) is 24.4 Å². The Morgan fingerprint density at radius 2 is 1.76 bits per heavy atom. The predicted octanol–water partition coefficient (Wildman–Crippen LogP) is 2.36. The molecule has 2 amide bonds. The molecule has 114 valence electrons. The van der Waals surface area contributed by atoms with Crippen LogP contribution in [0.25, 0.3) is 0 Å². The fourth-order valence-corrected chi connectivity index (χ4v) is 2.72. The quantitative estimate of drug-likeness (QED) is 0.836. The van der Waals surface area contributed by atoms with E-state index in [2.05, 4.69) is 10.6 Å². The van der Waals surface area contributed by atoms with Gasteiger partial charge in [0.05, 0.1) is 0 Å². The van der Waals surface area contributed by atoms with E-state index in [-0.39, 0.29) is 12.0 Å². The Hall–Kier alpha value is -1.84. The van der Waals surface area contributed by atoms with Gasteiger partial charge < -0.3 is 10.6 Å². The molecule has 0 aliphatic heterocycles. The second-order valence-electron chi connectivity index (χ2n) is 5.83. The molecular weight excluding hydrogens is 264 g/mol. The van der Waals surface area contributed by atoms with E-state index in [1.54, 1.807) is 0 Å². The first-order valence-corrected chi connectivity index (χ1v) is 7.80. The second kappa shape index (κ2) is 7.81. The lowest BCUT2D eigenvalue weighted by Crippen LogP contribution is -2.45. The average Bonchev–Trinajstić information content (AvgIpc) is 2.54. The summed E-state index contributed by atoms with van der Waals surface area (Å²) in [4.78, 5) is 23.7. The third-order valence-electron chi connectivity index (χ3n) is 4.08. The lowest BCUT2D eigenvalue weighted by Gasteiger charge is -2.22. The van der Waals surface area contributed by atoms with Gasteiger partial charge in [-0.2, -0.15) is 0 Å². The molecule has 1 saturated carbocycles. The predicted molar refractivity (Wildman–Crippen MR) is 82.9 cm³/mol. The Kier molecular flexibility index (Phi) is 5.78. The van der Waals surface area contributed by atoms with Crippen LogP contribution < -0.4 is 10.6 Å². The minimum absolute atomic E-state index is 0.170. The molecule has 0 unspecified atom stereocenters. The van der Waals surface area contributed by atoms with Gasteiger partial charge in [0.2, 0.25) is 0 Å². The molecule has 1 aliphatic rings. The number of hydrogen-bond donors (Lipinski definition) is 2. The van der Waals surface area contributed by atoms with Crippen LogP contribution in [0.15, 0.2) is 30.3 Å². The van der Waals surface area contributed by atoms with Crippen LogP contribution in [0.1, 0.15) is 50.5 Å². The lowest BCUT2D eigenvalue weighted by atomic mass is 9.95. The van der Waals surface area contributed by atoms with E-state index >= 15 is 0 Å². The molecule has 4 heteroatoms. The van der Waals surface area contributed by atoms with Crippen LogP contribution in [-0.2, 0) is 9.59 Å². The van der Waals surface area contributed by atoms with Crippen LogP contribution in [0, 0.1) is 0 Å². The highest BCUT2D eigenvalue weighted by molar-refractivity contribution is 6.35. The summed E-state index contributed by atoms with van der Waals surface area (Å²) < 4.78 is 0. The molecule has 0 saturated heterocycles. The molecule has 1 atom stereocenters. The highest BCUT2D eigenvalue weighted by Gasteiger charge is 2.20. The van der Waals surface area contributed by atoms with E-state index in [9.17, 15) is 9.59 Å². The molecule has 21 heavy (non-hydrogen) atoms. The first-order chi connectivity index (χ1) is 10.2. The molecule has 4 nitrogen and oxygen atoms in total. The second-order valence-corrected chi connectivity index (χ2v) is 5.83. The first kappa shape index (κ1) is 15.5. The van der Waals surface area contributed by atoms with E-state index in [0.717, 1.165) is 31.2 Å². The summed E-state index contributed by atoms with van der Waals surface area (Å²) in [6.07, 6.45) is 5.47. The molecule has 0 spiro atoms. The molecular formula is C17H24N2O2. The van der Waals surface area contributed by atoms with Crippen molar-refractivity contribution in [3.63, 3.8) is 0 Å². The topological polar surface area (TPSA) is 58.2 Å². The third-order valence-corrected chi connectivity index (χ3v) is 4.08. The highest BCUT2D eigenvalue weighted by Crippen LogP contribution is 2.17. The molecule has 0 radical (unpaired) electrons. The van der Waals surface area contributed by atoms with Gasteiger partial charge in [0.25, 0.3) is 0 Å². The summed E-state index contributed by atoms with van der Waals surface area (Å²) in [6, 6.07) is 10.1. The smallest absolute Gasteiger partial charge is 0.309 e. The molecule has 2 rings (SSSR count). The van der Waals surface area contributed by atoms with Crippen molar-refractivity contribution in [2.45, 2.75) is 51.0 Å². The van der Waals surface area contributed by atoms with Crippen LogP contribution in [0.5, 0.6) is 0 Å². The zero-order valence-electron chi connectivity index (χ0n) is 12.6. The number of carbonyl (C=O) groups excluding carboxylic acids is 2. The van der Waals surface area contributed by atoms with Gasteiger partial charge in [-0.15, -0.1) is 0 Å².